The van der Waals surface area contributed by atoms with Crippen LogP contribution in [0.15, 0.2) is 83.8 Å². The van der Waals surface area contributed by atoms with E-state index in [0.717, 1.165) is 15.4 Å². The molecule has 3 aromatic rings. The average Bonchev–Trinajstić information content (AvgIpc) is 2.90. The van der Waals surface area contributed by atoms with E-state index >= 15 is 0 Å². The maximum atomic E-state index is 13.9. The van der Waals surface area contributed by atoms with E-state index in [-0.39, 0.29) is 23.4 Å². The van der Waals surface area contributed by atoms with Gasteiger partial charge in [-0.15, -0.1) is 0 Å². The Morgan fingerprint density at radius 1 is 0.921 bits per heavy atom. The molecule has 38 heavy (non-hydrogen) atoms. The van der Waals surface area contributed by atoms with E-state index in [1.807, 2.05) is 26.8 Å². The van der Waals surface area contributed by atoms with Crippen LogP contribution in [0.4, 0.5) is 5.69 Å². The lowest BCUT2D eigenvalue weighted by Gasteiger charge is -2.32. The maximum absolute atomic E-state index is 13.9. The Hall–Kier alpha value is -3.85. The summed E-state index contributed by atoms with van der Waals surface area (Å²) in [6, 6.07) is 21.2. The van der Waals surface area contributed by atoms with Crippen LogP contribution in [-0.4, -0.2) is 50.9 Å². The third-order valence-corrected chi connectivity index (χ3v) is 7.81. The number of sulfonamides is 1. The van der Waals surface area contributed by atoms with E-state index in [4.69, 9.17) is 4.74 Å². The van der Waals surface area contributed by atoms with Gasteiger partial charge in [0, 0.05) is 12.6 Å². The lowest BCUT2D eigenvalue weighted by Crippen LogP contribution is -2.52. The highest BCUT2D eigenvalue weighted by molar-refractivity contribution is 7.92. The van der Waals surface area contributed by atoms with Crippen LogP contribution in [0.1, 0.15) is 31.9 Å². The molecule has 8 nitrogen and oxygen atoms in total. The summed E-state index contributed by atoms with van der Waals surface area (Å²) in [4.78, 5) is 28.3. The summed E-state index contributed by atoms with van der Waals surface area (Å²) >= 11 is 0. The van der Waals surface area contributed by atoms with E-state index in [0.29, 0.717) is 11.4 Å². The third-order valence-electron chi connectivity index (χ3n) is 6.02. The lowest BCUT2D eigenvalue weighted by molar-refractivity contribution is -0.139. The third kappa shape index (κ3) is 7.13. The molecule has 202 valence electrons. The molecule has 0 radical (unpaired) electrons. The molecule has 0 saturated heterocycles. The number of hydrogen-bond acceptors (Lipinski definition) is 5. The number of nitrogens with zero attached hydrogens (tertiary/aromatic N) is 2. The number of hydrogen-bond donors (Lipinski definition) is 1. The molecule has 1 atom stereocenters. The van der Waals surface area contributed by atoms with E-state index in [2.05, 4.69) is 5.32 Å². The molecule has 0 spiro atoms. The van der Waals surface area contributed by atoms with Gasteiger partial charge < -0.3 is 15.0 Å². The van der Waals surface area contributed by atoms with Crippen LogP contribution in [0.3, 0.4) is 0 Å². The molecule has 3 rings (SSSR count). The number of carbonyl (C=O) groups is 2. The fraction of sp³-hybridized carbons (Fsp3) is 0.310. The minimum atomic E-state index is -4.08. The molecular weight excluding hydrogens is 502 g/mol. The SMILES string of the molecule is COc1cccc(CN(C(=O)CN(c2ccccc2)S(=O)(=O)c2ccc(C)cc2)[C@@H](C)C(=O)NC(C)C)c1. The zero-order chi connectivity index (χ0) is 27.9. The van der Waals surface area contributed by atoms with Crippen molar-refractivity contribution in [3.8, 4) is 5.75 Å². The highest BCUT2D eigenvalue weighted by Crippen LogP contribution is 2.25. The van der Waals surface area contributed by atoms with Crippen molar-refractivity contribution < 1.29 is 22.7 Å². The van der Waals surface area contributed by atoms with Crippen molar-refractivity contribution >= 4 is 27.5 Å². The Balaban J connectivity index is 2.01. The van der Waals surface area contributed by atoms with Gasteiger partial charge in [-0.05, 0) is 69.7 Å². The van der Waals surface area contributed by atoms with Crippen LogP contribution in [-0.2, 0) is 26.2 Å². The van der Waals surface area contributed by atoms with Crippen molar-refractivity contribution in [3.05, 3.63) is 90.0 Å². The van der Waals surface area contributed by atoms with Crippen LogP contribution in [0.5, 0.6) is 5.75 Å². The van der Waals surface area contributed by atoms with Gasteiger partial charge in [0.1, 0.15) is 18.3 Å². The molecule has 0 unspecified atom stereocenters. The first-order chi connectivity index (χ1) is 18.0. The van der Waals surface area contributed by atoms with Crippen molar-refractivity contribution in [2.75, 3.05) is 18.0 Å². The maximum Gasteiger partial charge on any atom is 0.264 e. The Kier molecular flexibility index (Phi) is 9.52. The summed E-state index contributed by atoms with van der Waals surface area (Å²) < 4.78 is 33.9. The number of benzene rings is 3. The lowest BCUT2D eigenvalue weighted by atomic mass is 10.1. The number of amides is 2. The summed E-state index contributed by atoms with van der Waals surface area (Å²) in [6.07, 6.45) is 0. The Morgan fingerprint density at radius 2 is 1.58 bits per heavy atom. The first-order valence-corrected chi connectivity index (χ1v) is 13.8. The monoisotopic (exact) mass is 537 g/mol. The van der Waals surface area contributed by atoms with E-state index in [9.17, 15) is 18.0 Å². The fourth-order valence-corrected chi connectivity index (χ4v) is 5.33. The van der Waals surface area contributed by atoms with Gasteiger partial charge >= 0.3 is 0 Å². The standard InChI is InChI=1S/C29H35N3O5S/c1-21(2)30-29(34)23(4)31(19-24-10-9-13-26(18-24)37-5)28(33)20-32(25-11-7-6-8-12-25)38(35,36)27-16-14-22(3)15-17-27/h6-18,21,23H,19-20H2,1-5H3,(H,30,34)/t23-/m0/s1. The summed E-state index contributed by atoms with van der Waals surface area (Å²) in [7, 11) is -2.53. The second kappa shape index (κ2) is 12.6. The molecule has 1 N–H and O–H groups in total. The number of para-hydroxylation sites is 1. The summed E-state index contributed by atoms with van der Waals surface area (Å²) in [6.45, 7) is 6.79. The number of carbonyl (C=O) groups excluding carboxylic acids is 2. The van der Waals surface area contributed by atoms with Crippen LogP contribution < -0.4 is 14.4 Å². The van der Waals surface area contributed by atoms with Crippen molar-refractivity contribution in [3.63, 3.8) is 0 Å². The van der Waals surface area contributed by atoms with Gasteiger partial charge in [-0.25, -0.2) is 8.42 Å². The summed E-state index contributed by atoms with van der Waals surface area (Å²) in [5, 5.41) is 2.84. The number of rotatable bonds is 11. The molecule has 0 heterocycles. The number of aryl methyl sites for hydroxylation is 1. The van der Waals surface area contributed by atoms with Crippen LogP contribution in [0, 0.1) is 6.92 Å². The summed E-state index contributed by atoms with van der Waals surface area (Å²) in [5.41, 5.74) is 2.01. The first kappa shape index (κ1) is 28.7. The van der Waals surface area contributed by atoms with Crippen LogP contribution >= 0.6 is 0 Å². The molecule has 0 bridgehead atoms. The second-order valence-electron chi connectivity index (χ2n) is 9.37. The zero-order valence-corrected chi connectivity index (χ0v) is 23.2. The second-order valence-corrected chi connectivity index (χ2v) is 11.2. The number of nitrogens with one attached hydrogen (secondary N) is 1. The van der Waals surface area contributed by atoms with Gasteiger partial charge in [0.05, 0.1) is 17.7 Å². The van der Waals surface area contributed by atoms with Crippen molar-refractivity contribution in [1.29, 1.82) is 0 Å². The Morgan fingerprint density at radius 3 is 2.18 bits per heavy atom. The summed E-state index contributed by atoms with van der Waals surface area (Å²) in [5.74, 6) is -0.232. The molecule has 0 aromatic heterocycles. The molecule has 0 saturated carbocycles. The minimum absolute atomic E-state index is 0.0738. The Bertz CT molecular complexity index is 1340. The van der Waals surface area contributed by atoms with E-state index in [1.165, 1.54) is 17.0 Å². The molecule has 0 fully saturated rings. The van der Waals surface area contributed by atoms with Gasteiger partial charge in [-0.1, -0.05) is 48.0 Å². The van der Waals surface area contributed by atoms with Crippen molar-refractivity contribution in [1.82, 2.24) is 10.2 Å². The van der Waals surface area contributed by atoms with E-state index < -0.39 is 28.5 Å². The molecule has 9 heteroatoms. The van der Waals surface area contributed by atoms with Gasteiger partial charge in [-0.2, -0.15) is 0 Å². The predicted octanol–water partition coefficient (Wildman–Crippen LogP) is 4.14. The highest BCUT2D eigenvalue weighted by atomic mass is 32.2. The molecule has 0 aliphatic carbocycles. The van der Waals surface area contributed by atoms with Gasteiger partial charge in [0.2, 0.25) is 11.8 Å². The van der Waals surface area contributed by atoms with Gasteiger partial charge in [0.25, 0.3) is 10.0 Å². The van der Waals surface area contributed by atoms with Gasteiger partial charge in [0.15, 0.2) is 0 Å². The smallest absolute Gasteiger partial charge is 0.264 e. The van der Waals surface area contributed by atoms with E-state index in [1.54, 1.807) is 74.7 Å². The molecule has 0 aliphatic heterocycles. The molecular formula is C29H35N3O5S. The predicted molar refractivity (Wildman–Crippen MR) is 148 cm³/mol. The van der Waals surface area contributed by atoms with Crippen LogP contribution in [0.2, 0.25) is 0 Å². The highest BCUT2D eigenvalue weighted by Gasteiger charge is 2.32. The molecule has 2 amide bonds. The molecule has 3 aromatic carbocycles. The van der Waals surface area contributed by atoms with Crippen molar-refractivity contribution in [2.45, 2.75) is 51.2 Å². The Labute approximate surface area is 225 Å². The number of methoxy groups -OCH3 is 1. The van der Waals surface area contributed by atoms with Crippen molar-refractivity contribution in [2.24, 2.45) is 0 Å². The largest absolute Gasteiger partial charge is 0.497 e. The zero-order valence-electron chi connectivity index (χ0n) is 22.4. The number of ether oxygens (including phenoxy) is 1. The fourth-order valence-electron chi connectivity index (χ4n) is 3.92. The van der Waals surface area contributed by atoms with Gasteiger partial charge in [-0.3, -0.25) is 13.9 Å². The minimum Gasteiger partial charge on any atom is -0.497 e. The average molecular weight is 538 g/mol. The first-order valence-electron chi connectivity index (χ1n) is 12.4. The quantitative estimate of drug-likeness (QED) is 0.397. The molecule has 0 aliphatic rings. The normalized spacial score (nSPS) is 12.1. The topological polar surface area (TPSA) is 96.0 Å². The number of anilines is 1. The van der Waals surface area contributed by atoms with Crippen LogP contribution in [0.25, 0.3) is 0 Å².